The van der Waals surface area contributed by atoms with Crippen LogP contribution in [0.5, 0.6) is 5.75 Å². The summed E-state index contributed by atoms with van der Waals surface area (Å²) >= 11 is 0. The molecule has 1 aromatic rings. The van der Waals surface area contributed by atoms with Gasteiger partial charge in [0.1, 0.15) is 5.75 Å². The molecule has 0 unspecified atom stereocenters. The van der Waals surface area contributed by atoms with E-state index < -0.39 is 5.97 Å². The fourth-order valence-electron chi connectivity index (χ4n) is 1.12. The van der Waals surface area contributed by atoms with Crippen LogP contribution >= 0.6 is 0 Å². The summed E-state index contributed by atoms with van der Waals surface area (Å²) in [6, 6.07) is 7.41. The zero-order valence-electron chi connectivity index (χ0n) is 8.64. The Labute approximate surface area is 89.0 Å². The normalized spacial score (nSPS) is 10.5. The first kappa shape index (κ1) is 11.3. The number of hydrogen-bond acceptors (Lipinski definition) is 2. The standard InChI is InChI=1S/C12H14O3/c1-2-3-4-10-5-7-11(8-6-10)15-9-12(13)14/h2-3,5-8H,4,9H2,1H3,(H,13,14). The molecule has 0 radical (unpaired) electrons. The van der Waals surface area contributed by atoms with E-state index in [9.17, 15) is 4.79 Å². The molecule has 0 amide bonds. The van der Waals surface area contributed by atoms with Crippen LogP contribution in [0.1, 0.15) is 12.5 Å². The van der Waals surface area contributed by atoms with Crippen molar-refractivity contribution in [3.8, 4) is 5.75 Å². The van der Waals surface area contributed by atoms with Gasteiger partial charge in [0.15, 0.2) is 6.61 Å². The Morgan fingerprint density at radius 1 is 1.40 bits per heavy atom. The molecule has 1 N–H and O–H groups in total. The number of aliphatic carboxylic acids is 1. The summed E-state index contributed by atoms with van der Waals surface area (Å²) in [6.45, 7) is 1.68. The first-order chi connectivity index (χ1) is 7.22. The Morgan fingerprint density at radius 2 is 2.07 bits per heavy atom. The van der Waals surface area contributed by atoms with E-state index in [2.05, 4.69) is 6.08 Å². The number of rotatable bonds is 5. The molecule has 0 spiro atoms. The Bertz CT molecular complexity index is 338. The summed E-state index contributed by atoms with van der Waals surface area (Å²) in [5.41, 5.74) is 1.18. The Hall–Kier alpha value is -1.77. The van der Waals surface area contributed by atoms with Crippen molar-refractivity contribution in [1.29, 1.82) is 0 Å². The van der Waals surface area contributed by atoms with E-state index in [1.54, 1.807) is 12.1 Å². The molecule has 0 fully saturated rings. The van der Waals surface area contributed by atoms with Crippen molar-refractivity contribution in [2.45, 2.75) is 13.3 Å². The molecule has 0 aliphatic carbocycles. The highest BCUT2D eigenvalue weighted by Gasteiger charge is 1.98. The van der Waals surface area contributed by atoms with Crippen LogP contribution in [0.2, 0.25) is 0 Å². The third-order valence-electron chi connectivity index (χ3n) is 1.87. The van der Waals surface area contributed by atoms with Gasteiger partial charge in [0, 0.05) is 0 Å². The summed E-state index contributed by atoms with van der Waals surface area (Å²) in [7, 11) is 0. The summed E-state index contributed by atoms with van der Waals surface area (Å²) in [5, 5.41) is 8.41. The van der Waals surface area contributed by atoms with Gasteiger partial charge in [-0.25, -0.2) is 4.79 Å². The molecule has 0 saturated carbocycles. The Balaban J connectivity index is 2.52. The van der Waals surface area contributed by atoms with Crippen LogP contribution in [0.25, 0.3) is 0 Å². The lowest BCUT2D eigenvalue weighted by molar-refractivity contribution is -0.139. The van der Waals surface area contributed by atoms with E-state index >= 15 is 0 Å². The molecule has 0 saturated heterocycles. The maximum Gasteiger partial charge on any atom is 0.341 e. The van der Waals surface area contributed by atoms with Crippen molar-refractivity contribution in [2.24, 2.45) is 0 Å². The second kappa shape index (κ2) is 5.86. The van der Waals surface area contributed by atoms with Crippen LogP contribution in [-0.4, -0.2) is 17.7 Å². The molecule has 80 valence electrons. The van der Waals surface area contributed by atoms with Crippen LogP contribution < -0.4 is 4.74 Å². The van der Waals surface area contributed by atoms with Crippen molar-refractivity contribution >= 4 is 5.97 Å². The second-order valence-corrected chi connectivity index (χ2v) is 3.10. The van der Waals surface area contributed by atoms with Gasteiger partial charge in [-0.05, 0) is 31.0 Å². The fraction of sp³-hybridized carbons (Fsp3) is 0.250. The van der Waals surface area contributed by atoms with Crippen molar-refractivity contribution in [3.05, 3.63) is 42.0 Å². The lowest BCUT2D eigenvalue weighted by atomic mass is 10.1. The van der Waals surface area contributed by atoms with Gasteiger partial charge in [0.25, 0.3) is 0 Å². The highest BCUT2D eigenvalue weighted by Crippen LogP contribution is 2.12. The fourth-order valence-corrected chi connectivity index (χ4v) is 1.12. The van der Waals surface area contributed by atoms with Crippen molar-refractivity contribution < 1.29 is 14.6 Å². The van der Waals surface area contributed by atoms with Gasteiger partial charge in [-0.2, -0.15) is 0 Å². The smallest absolute Gasteiger partial charge is 0.341 e. The third-order valence-corrected chi connectivity index (χ3v) is 1.87. The minimum absolute atomic E-state index is 0.297. The molecule has 3 heteroatoms. The van der Waals surface area contributed by atoms with Gasteiger partial charge in [-0.3, -0.25) is 0 Å². The Kier molecular flexibility index (Phi) is 4.41. The molecule has 0 aromatic heterocycles. The van der Waals surface area contributed by atoms with Crippen LogP contribution in [-0.2, 0) is 11.2 Å². The molecule has 15 heavy (non-hydrogen) atoms. The Morgan fingerprint density at radius 3 is 2.60 bits per heavy atom. The van der Waals surface area contributed by atoms with Crippen LogP contribution in [0.3, 0.4) is 0 Å². The minimum atomic E-state index is -0.965. The third kappa shape index (κ3) is 4.31. The summed E-state index contributed by atoms with van der Waals surface area (Å²) < 4.78 is 5.01. The summed E-state index contributed by atoms with van der Waals surface area (Å²) in [4.78, 5) is 10.2. The number of ether oxygens (including phenoxy) is 1. The average molecular weight is 206 g/mol. The van der Waals surface area contributed by atoms with E-state index in [0.29, 0.717) is 5.75 Å². The number of allylic oxidation sites excluding steroid dienone is 2. The van der Waals surface area contributed by atoms with E-state index in [1.807, 2.05) is 25.1 Å². The topological polar surface area (TPSA) is 46.5 Å². The van der Waals surface area contributed by atoms with Crippen molar-refractivity contribution in [2.75, 3.05) is 6.61 Å². The van der Waals surface area contributed by atoms with Crippen LogP contribution in [0, 0.1) is 0 Å². The minimum Gasteiger partial charge on any atom is -0.482 e. The van der Waals surface area contributed by atoms with E-state index in [1.165, 1.54) is 5.56 Å². The summed E-state index contributed by atoms with van der Waals surface area (Å²) in [5.74, 6) is -0.380. The second-order valence-electron chi connectivity index (χ2n) is 3.10. The van der Waals surface area contributed by atoms with Crippen molar-refractivity contribution in [3.63, 3.8) is 0 Å². The van der Waals surface area contributed by atoms with Gasteiger partial charge in [0.2, 0.25) is 0 Å². The van der Waals surface area contributed by atoms with E-state index in [-0.39, 0.29) is 6.61 Å². The van der Waals surface area contributed by atoms with Gasteiger partial charge in [0.05, 0.1) is 0 Å². The number of hydrogen-bond donors (Lipinski definition) is 1. The van der Waals surface area contributed by atoms with Crippen molar-refractivity contribution in [1.82, 2.24) is 0 Å². The monoisotopic (exact) mass is 206 g/mol. The van der Waals surface area contributed by atoms with Gasteiger partial charge in [-0.15, -0.1) is 0 Å². The number of carboxylic acid groups (broad SMARTS) is 1. The molecule has 1 aromatic carbocycles. The van der Waals surface area contributed by atoms with Crippen LogP contribution in [0.15, 0.2) is 36.4 Å². The number of carboxylic acids is 1. The molecule has 0 bridgehead atoms. The zero-order valence-corrected chi connectivity index (χ0v) is 8.64. The van der Waals surface area contributed by atoms with E-state index in [4.69, 9.17) is 9.84 Å². The molecule has 3 nitrogen and oxygen atoms in total. The number of benzene rings is 1. The van der Waals surface area contributed by atoms with Gasteiger partial charge < -0.3 is 9.84 Å². The maximum absolute atomic E-state index is 10.2. The molecule has 0 atom stereocenters. The molecular formula is C12H14O3. The zero-order chi connectivity index (χ0) is 11.1. The molecule has 1 rings (SSSR count). The molecule has 0 aliphatic rings. The lowest BCUT2D eigenvalue weighted by Gasteiger charge is -2.03. The predicted molar refractivity (Wildman–Crippen MR) is 58.1 cm³/mol. The SMILES string of the molecule is CC=CCc1ccc(OCC(=O)O)cc1. The predicted octanol–water partition coefficient (Wildman–Crippen LogP) is 2.27. The van der Waals surface area contributed by atoms with E-state index in [0.717, 1.165) is 6.42 Å². The molecular weight excluding hydrogens is 192 g/mol. The first-order valence-corrected chi connectivity index (χ1v) is 4.77. The summed E-state index contributed by atoms with van der Waals surface area (Å²) in [6.07, 6.45) is 4.94. The lowest BCUT2D eigenvalue weighted by Crippen LogP contribution is -2.09. The molecule has 0 aliphatic heterocycles. The first-order valence-electron chi connectivity index (χ1n) is 4.77. The highest BCUT2D eigenvalue weighted by molar-refractivity contribution is 5.68. The van der Waals surface area contributed by atoms with Gasteiger partial charge >= 0.3 is 5.97 Å². The highest BCUT2D eigenvalue weighted by atomic mass is 16.5. The number of carbonyl (C=O) groups is 1. The maximum atomic E-state index is 10.2. The largest absolute Gasteiger partial charge is 0.482 e. The van der Waals surface area contributed by atoms with Crippen LogP contribution in [0.4, 0.5) is 0 Å². The quantitative estimate of drug-likeness (QED) is 0.752. The molecule has 0 heterocycles. The average Bonchev–Trinajstić information content (AvgIpc) is 2.25. The van der Waals surface area contributed by atoms with Gasteiger partial charge in [-0.1, -0.05) is 24.3 Å².